The number of hydrogen-bond acceptors (Lipinski definition) is 3. The van der Waals surface area contributed by atoms with Gasteiger partial charge in [0.15, 0.2) is 0 Å². The first-order chi connectivity index (χ1) is 6.67. The van der Waals surface area contributed by atoms with Crippen LogP contribution in [0.25, 0.3) is 0 Å². The van der Waals surface area contributed by atoms with Gasteiger partial charge in [-0.1, -0.05) is 6.92 Å². The molecule has 0 aliphatic heterocycles. The lowest BCUT2D eigenvalue weighted by Crippen LogP contribution is -2.18. The first kappa shape index (κ1) is 11.0. The molecule has 1 rings (SSSR count). The van der Waals surface area contributed by atoms with Crippen molar-refractivity contribution >= 4 is 5.69 Å². The summed E-state index contributed by atoms with van der Waals surface area (Å²) in [5.41, 5.74) is 2.22. The zero-order chi connectivity index (χ0) is 10.6. The van der Waals surface area contributed by atoms with E-state index >= 15 is 0 Å². The van der Waals surface area contributed by atoms with E-state index in [1.165, 1.54) is 0 Å². The van der Waals surface area contributed by atoms with Crippen LogP contribution >= 0.6 is 0 Å². The van der Waals surface area contributed by atoms with Gasteiger partial charge in [-0.15, -0.1) is 0 Å². The van der Waals surface area contributed by atoms with E-state index in [0.29, 0.717) is 0 Å². The molecule has 4 nitrogen and oxygen atoms in total. The summed E-state index contributed by atoms with van der Waals surface area (Å²) >= 11 is 0. The predicted octanol–water partition coefficient (Wildman–Crippen LogP) is 1.43. The molecular formula is C10H19N3O. The normalized spacial score (nSPS) is 12.9. The lowest BCUT2D eigenvalue weighted by molar-refractivity contribution is 0.129. The third kappa shape index (κ3) is 2.73. The Kier molecular flexibility index (Phi) is 3.95. The topological polar surface area (TPSA) is 39.1 Å². The molecule has 0 fully saturated rings. The Morgan fingerprint density at radius 3 is 2.93 bits per heavy atom. The quantitative estimate of drug-likeness (QED) is 0.776. The number of anilines is 1. The van der Waals surface area contributed by atoms with Gasteiger partial charge in [-0.25, -0.2) is 0 Å². The number of nitrogens with zero attached hydrogens (tertiary/aromatic N) is 2. The van der Waals surface area contributed by atoms with Crippen LogP contribution in [0.1, 0.15) is 19.5 Å². The van der Waals surface area contributed by atoms with Crippen molar-refractivity contribution in [1.82, 2.24) is 9.78 Å². The van der Waals surface area contributed by atoms with Crippen molar-refractivity contribution in [2.24, 2.45) is 7.05 Å². The van der Waals surface area contributed by atoms with Gasteiger partial charge >= 0.3 is 0 Å². The van der Waals surface area contributed by atoms with Crippen molar-refractivity contribution < 1.29 is 4.74 Å². The van der Waals surface area contributed by atoms with Gasteiger partial charge in [0.25, 0.3) is 0 Å². The minimum Gasteiger partial charge on any atom is -0.380 e. The average molecular weight is 197 g/mol. The summed E-state index contributed by atoms with van der Waals surface area (Å²) in [5.74, 6) is 0. The molecule has 1 heterocycles. The summed E-state index contributed by atoms with van der Waals surface area (Å²) in [6.07, 6.45) is 3.17. The van der Waals surface area contributed by atoms with Crippen molar-refractivity contribution in [1.29, 1.82) is 0 Å². The lowest BCUT2D eigenvalue weighted by atomic mass is 10.3. The number of aromatic nitrogens is 2. The molecule has 0 saturated carbocycles. The van der Waals surface area contributed by atoms with E-state index in [4.69, 9.17) is 4.74 Å². The summed E-state index contributed by atoms with van der Waals surface area (Å²) in [7, 11) is 3.65. The van der Waals surface area contributed by atoms with Crippen molar-refractivity contribution in [2.75, 3.05) is 19.0 Å². The Morgan fingerprint density at radius 1 is 1.64 bits per heavy atom. The second-order valence-electron chi connectivity index (χ2n) is 3.44. The SMILES string of the molecule is CCc1nn(C)cc1NCC(C)OC. The highest BCUT2D eigenvalue weighted by Crippen LogP contribution is 2.13. The third-order valence-electron chi connectivity index (χ3n) is 2.22. The molecule has 14 heavy (non-hydrogen) atoms. The van der Waals surface area contributed by atoms with Gasteiger partial charge in [0.05, 0.1) is 17.5 Å². The third-order valence-corrected chi connectivity index (χ3v) is 2.22. The highest BCUT2D eigenvalue weighted by molar-refractivity contribution is 5.46. The first-order valence-corrected chi connectivity index (χ1v) is 4.96. The summed E-state index contributed by atoms with van der Waals surface area (Å²) in [6.45, 7) is 4.96. The Morgan fingerprint density at radius 2 is 2.36 bits per heavy atom. The molecular weight excluding hydrogens is 178 g/mol. The molecule has 1 aromatic rings. The molecule has 4 heteroatoms. The Hall–Kier alpha value is -1.03. The van der Waals surface area contributed by atoms with E-state index in [2.05, 4.69) is 17.3 Å². The number of ether oxygens (including phenoxy) is 1. The maximum atomic E-state index is 5.16. The molecule has 0 bridgehead atoms. The van der Waals surface area contributed by atoms with Crippen molar-refractivity contribution in [3.05, 3.63) is 11.9 Å². The molecule has 1 unspecified atom stereocenters. The van der Waals surface area contributed by atoms with E-state index in [9.17, 15) is 0 Å². The van der Waals surface area contributed by atoms with Gasteiger partial charge in [0, 0.05) is 26.9 Å². The van der Waals surface area contributed by atoms with Crippen LogP contribution in [-0.2, 0) is 18.2 Å². The molecule has 0 radical (unpaired) electrons. The van der Waals surface area contributed by atoms with Crippen LogP contribution in [-0.4, -0.2) is 29.5 Å². The van der Waals surface area contributed by atoms with Gasteiger partial charge < -0.3 is 10.1 Å². The van der Waals surface area contributed by atoms with E-state index in [-0.39, 0.29) is 6.10 Å². The molecule has 1 N–H and O–H groups in total. The second kappa shape index (κ2) is 5.00. The van der Waals surface area contributed by atoms with Crippen LogP contribution in [0.5, 0.6) is 0 Å². The number of nitrogens with one attached hydrogen (secondary N) is 1. The van der Waals surface area contributed by atoms with E-state index in [0.717, 1.165) is 24.3 Å². The molecule has 0 aliphatic rings. The Balaban J connectivity index is 2.57. The van der Waals surface area contributed by atoms with Gasteiger partial charge in [-0.2, -0.15) is 5.10 Å². The summed E-state index contributed by atoms with van der Waals surface area (Å²) in [5, 5.41) is 7.67. The molecule has 80 valence electrons. The zero-order valence-electron chi connectivity index (χ0n) is 9.37. The van der Waals surface area contributed by atoms with Crippen LogP contribution in [0.15, 0.2) is 6.20 Å². The predicted molar refractivity (Wildman–Crippen MR) is 57.5 cm³/mol. The van der Waals surface area contributed by atoms with E-state index in [1.54, 1.807) is 7.11 Å². The summed E-state index contributed by atoms with van der Waals surface area (Å²) in [4.78, 5) is 0. The second-order valence-corrected chi connectivity index (χ2v) is 3.44. The maximum absolute atomic E-state index is 5.16. The molecule has 1 atom stereocenters. The van der Waals surface area contributed by atoms with Crippen LogP contribution < -0.4 is 5.32 Å². The smallest absolute Gasteiger partial charge is 0.0853 e. The van der Waals surface area contributed by atoms with Crippen molar-refractivity contribution in [3.63, 3.8) is 0 Å². The first-order valence-electron chi connectivity index (χ1n) is 4.96. The lowest BCUT2D eigenvalue weighted by Gasteiger charge is -2.10. The monoisotopic (exact) mass is 197 g/mol. The van der Waals surface area contributed by atoms with E-state index < -0.39 is 0 Å². The van der Waals surface area contributed by atoms with Crippen molar-refractivity contribution in [3.8, 4) is 0 Å². The molecule has 0 amide bonds. The Bertz CT molecular complexity index is 283. The molecule has 0 aliphatic carbocycles. The minimum atomic E-state index is 0.222. The summed E-state index contributed by atoms with van der Waals surface area (Å²) in [6, 6.07) is 0. The standard InChI is InChI=1S/C10H19N3O/c1-5-9-10(7-13(3)12-9)11-6-8(2)14-4/h7-8,11H,5-6H2,1-4H3. The number of rotatable bonds is 5. The fraction of sp³-hybridized carbons (Fsp3) is 0.700. The highest BCUT2D eigenvalue weighted by atomic mass is 16.5. The van der Waals surface area contributed by atoms with Gasteiger partial charge in [0.1, 0.15) is 0 Å². The minimum absolute atomic E-state index is 0.222. The average Bonchev–Trinajstić information content (AvgIpc) is 2.55. The van der Waals surface area contributed by atoms with Crippen LogP contribution in [0.4, 0.5) is 5.69 Å². The Labute approximate surface area is 85.3 Å². The van der Waals surface area contributed by atoms with Gasteiger partial charge in [-0.3, -0.25) is 4.68 Å². The maximum Gasteiger partial charge on any atom is 0.0853 e. The fourth-order valence-corrected chi connectivity index (χ4v) is 1.28. The molecule has 1 aromatic heterocycles. The van der Waals surface area contributed by atoms with Crippen LogP contribution in [0.2, 0.25) is 0 Å². The molecule has 0 spiro atoms. The van der Waals surface area contributed by atoms with E-state index in [1.807, 2.05) is 24.9 Å². The zero-order valence-corrected chi connectivity index (χ0v) is 9.37. The largest absolute Gasteiger partial charge is 0.380 e. The highest BCUT2D eigenvalue weighted by Gasteiger charge is 2.06. The molecule has 0 aromatic carbocycles. The fourth-order valence-electron chi connectivity index (χ4n) is 1.28. The van der Waals surface area contributed by atoms with Gasteiger partial charge in [0.2, 0.25) is 0 Å². The van der Waals surface area contributed by atoms with Crippen LogP contribution in [0, 0.1) is 0 Å². The number of methoxy groups -OCH3 is 1. The van der Waals surface area contributed by atoms with Gasteiger partial charge in [-0.05, 0) is 13.3 Å². The van der Waals surface area contributed by atoms with Crippen molar-refractivity contribution in [2.45, 2.75) is 26.4 Å². The number of aryl methyl sites for hydroxylation is 2. The molecule has 0 saturated heterocycles. The van der Waals surface area contributed by atoms with Crippen LogP contribution in [0.3, 0.4) is 0 Å². The summed E-state index contributed by atoms with van der Waals surface area (Å²) < 4.78 is 6.99. The number of hydrogen-bond donors (Lipinski definition) is 1.